The van der Waals surface area contributed by atoms with Crippen molar-refractivity contribution >= 4 is 46.0 Å². The van der Waals surface area contributed by atoms with Crippen LogP contribution in [0.3, 0.4) is 0 Å². The van der Waals surface area contributed by atoms with Gasteiger partial charge < -0.3 is 0 Å². The van der Waals surface area contributed by atoms with Crippen LogP contribution >= 0.6 is 46.0 Å². The first kappa shape index (κ1) is 19.4. The van der Waals surface area contributed by atoms with Crippen LogP contribution in [0.25, 0.3) is 22.0 Å². The van der Waals surface area contributed by atoms with Crippen LogP contribution in [0.5, 0.6) is 0 Å². The Labute approximate surface area is 180 Å². The highest BCUT2D eigenvalue weighted by Gasteiger charge is 2.15. The third-order valence-electron chi connectivity index (χ3n) is 4.02. The number of halogens is 1. The van der Waals surface area contributed by atoms with E-state index in [1.54, 1.807) is 34.4 Å². The van der Waals surface area contributed by atoms with E-state index in [9.17, 15) is 0 Å². The van der Waals surface area contributed by atoms with Gasteiger partial charge in [0.25, 0.3) is 0 Å². The molecule has 4 rings (SSSR count). The van der Waals surface area contributed by atoms with E-state index in [1.165, 1.54) is 4.88 Å². The van der Waals surface area contributed by atoms with Crippen molar-refractivity contribution in [2.45, 2.75) is 24.4 Å². The molecule has 28 heavy (non-hydrogen) atoms. The third kappa shape index (κ3) is 4.07. The Bertz CT molecular complexity index is 1110. The Morgan fingerprint density at radius 2 is 2.07 bits per heavy atom. The first-order valence-electron chi connectivity index (χ1n) is 8.57. The van der Waals surface area contributed by atoms with Crippen LogP contribution in [0, 0.1) is 6.92 Å². The lowest BCUT2D eigenvalue weighted by atomic mass is 10.2. The van der Waals surface area contributed by atoms with E-state index in [0.717, 1.165) is 43.6 Å². The van der Waals surface area contributed by atoms with Crippen molar-refractivity contribution in [2.75, 3.05) is 0 Å². The maximum absolute atomic E-state index is 6.29. The summed E-state index contributed by atoms with van der Waals surface area (Å²) in [5.41, 5.74) is 3.07. The molecule has 0 bridgehead atoms. The van der Waals surface area contributed by atoms with Gasteiger partial charge >= 0.3 is 0 Å². The number of aromatic nitrogens is 4. The molecule has 0 atom stereocenters. The Balaban J connectivity index is 1.53. The first-order valence-corrected chi connectivity index (χ1v) is 11.7. The zero-order valence-corrected chi connectivity index (χ0v) is 18.3. The second-order valence-electron chi connectivity index (χ2n) is 6.06. The summed E-state index contributed by atoms with van der Waals surface area (Å²) in [5, 5.41) is 15.5. The SMILES string of the molecule is C=CCn1c(SCc2csc(-c3ccccc3Cl)n2)nnc1-c1csc(C)c1. The van der Waals surface area contributed by atoms with Gasteiger partial charge in [-0.1, -0.05) is 47.6 Å². The third-order valence-corrected chi connectivity index (χ3v) is 7.14. The van der Waals surface area contributed by atoms with Crippen LogP contribution in [0.1, 0.15) is 10.6 Å². The summed E-state index contributed by atoms with van der Waals surface area (Å²) in [6.07, 6.45) is 1.87. The van der Waals surface area contributed by atoms with Gasteiger partial charge in [-0.25, -0.2) is 4.98 Å². The molecule has 0 saturated heterocycles. The number of benzene rings is 1. The fourth-order valence-electron chi connectivity index (χ4n) is 2.73. The van der Waals surface area contributed by atoms with Gasteiger partial charge in [-0.15, -0.1) is 39.4 Å². The number of thiophene rings is 1. The monoisotopic (exact) mass is 444 g/mol. The van der Waals surface area contributed by atoms with Gasteiger partial charge in [0.1, 0.15) is 5.01 Å². The summed E-state index contributed by atoms with van der Waals surface area (Å²) in [5.74, 6) is 1.60. The normalized spacial score (nSPS) is 11.1. The molecule has 0 fully saturated rings. The Morgan fingerprint density at radius 1 is 1.21 bits per heavy atom. The number of rotatable bonds is 7. The second kappa shape index (κ2) is 8.61. The number of nitrogens with zero attached hydrogens (tertiary/aromatic N) is 4. The molecule has 1 aromatic carbocycles. The largest absolute Gasteiger partial charge is 0.298 e. The summed E-state index contributed by atoms with van der Waals surface area (Å²) < 4.78 is 2.10. The molecule has 0 aliphatic heterocycles. The molecule has 4 aromatic rings. The van der Waals surface area contributed by atoms with Crippen molar-refractivity contribution in [2.24, 2.45) is 0 Å². The van der Waals surface area contributed by atoms with E-state index in [-0.39, 0.29) is 0 Å². The lowest BCUT2D eigenvalue weighted by Gasteiger charge is -2.06. The molecule has 3 aromatic heterocycles. The summed E-state index contributed by atoms with van der Waals surface area (Å²) in [7, 11) is 0. The maximum Gasteiger partial charge on any atom is 0.192 e. The number of thioether (sulfide) groups is 1. The van der Waals surface area contributed by atoms with Crippen molar-refractivity contribution < 1.29 is 0 Å². The number of thiazole rings is 1. The van der Waals surface area contributed by atoms with Crippen molar-refractivity contribution in [3.63, 3.8) is 0 Å². The van der Waals surface area contributed by atoms with E-state index in [2.05, 4.69) is 45.1 Å². The van der Waals surface area contributed by atoms with Crippen LogP contribution in [0.4, 0.5) is 0 Å². The Hall–Kier alpha value is -1.93. The fraction of sp³-hybridized carbons (Fsp3) is 0.150. The minimum absolute atomic E-state index is 0.668. The van der Waals surface area contributed by atoms with Crippen molar-refractivity contribution in [3.8, 4) is 22.0 Å². The van der Waals surface area contributed by atoms with Gasteiger partial charge in [0.2, 0.25) is 0 Å². The molecule has 0 radical (unpaired) electrons. The lowest BCUT2D eigenvalue weighted by Crippen LogP contribution is -2.00. The summed E-state index contributed by atoms with van der Waals surface area (Å²) in [6, 6.07) is 9.92. The van der Waals surface area contributed by atoms with Gasteiger partial charge in [-0.05, 0) is 19.1 Å². The molecule has 0 spiro atoms. The van der Waals surface area contributed by atoms with Crippen molar-refractivity contribution in [1.82, 2.24) is 19.7 Å². The highest BCUT2D eigenvalue weighted by Crippen LogP contribution is 2.33. The highest BCUT2D eigenvalue weighted by atomic mass is 35.5. The molecular formula is C20H17ClN4S3. The van der Waals surface area contributed by atoms with E-state index < -0.39 is 0 Å². The summed E-state index contributed by atoms with van der Waals surface area (Å²) >= 11 is 11.2. The first-order chi connectivity index (χ1) is 13.7. The highest BCUT2D eigenvalue weighted by molar-refractivity contribution is 7.98. The predicted octanol–water partition coefficient (Wildman–Crippen LogP) is 6.57. The summed E-state index contributed by atoms with van der Waals surface area (Å²) in [4.78, 5) is 5.99. The Kier molecular flexibility index (Phi) is 5.96. The number of aryl methyl sites for hydroxylation is 1. The second-order valence-corrected chi connectivity index (χ2v) is 9.39. The molecule has 0 N–H and O–H groups in total. The van der Waals surface area contributed by atoms with E-state index >= 15 is 0 Å². The van der Waals surface area contributed by atoms with Gasteiger partial charge in [-0.3, -0.25) is 4.57 Å². The van der Waals surface area contributed by atoms with Crippen molar-refractivity contribution in [1.29, 1.82) is 0 Å². The van der Waals surface area contributed by atoms with E-state index in [4.69, 9.17) is 16.6 Å². The summed E-state index contributed by atoms with van der Waals surface area (Å²) in [6.45, 7) is 6.64. The average molecular weight is 445 g/mol. The topological polar surface area (TPSA) is 43.6 Å². The average Bonchev–Trinajstić information content (AvgIpc) is 3.41. The standard InChI is InChI=1S/C20H17ClN4S3/c1-3-8-25-18(14-9-13(2)26-10-14)23-24-20(25)28-12-15-11-27-19(22-15)16-6-4-5-7-17(16)21/h3-7,9-11H,1,8,12H2,2H3. The van der Waals surface area contributed by atoms with E-state index in [1.807, 2.05) is 30.3 Å². The van der Waals surface area contributed by atoms with Gasteiger partial charge in [0.05, 0.1) is 10.7 Å². The van der Waals surface area contributed by atoms with Crippen LogP contribution in [0.2, 0.25) is 5.02 Å². The molecule has 0 aliphatic carbocycles. The molecule has 8 heteroatoms. The van der Waals surface area contributed by atoms with Crippen LogP contribution in [-0.2, 0) is 12.3 Å². The van der Waals surface area contributed by atoms with E-state index in [0.29, 0.717) is 6.54 Å². The zero-order chi connectivity index (χ0) is 19.5. The van der Waals surface area contributed by atoms with Crippen LogP contribution < -0.4 is 0 Å². The quantitative estimate of drug-likeness (QED) is 0.239. The smallest absolute Gasteiger partial charge is 0.192 e. The molecular weight excluding hydrogens is 428 g/mol. The molecule has 3 heterocycles. The fourth-order valence-corrected chi connectivity index (χ4v) is 5.50. The Morgan fingerprint density at radius 3 is 2.82 bits per heavy atom. The minimum Gasteiger partial charge on any atom is -0.298 e. The number of hydrogen-bond donors (Lipinski definition) is 0. The molecule has 0 unspecified atom stereocenters. The number of hydrogen-bond acceptors (Lipinski definition) is 6. The predicted molar refractivity (Wildman–Crippen MR) is 120 cm³/mol. The number of allylic oxidation sites excluding steroid dienone is 1. The van der Waals surface area contributed by atoms with Gasteiger partial charge in [0, 0.05) is 39.1 Å². The zero-order valence-electron chi connectivity index (χ0n) is 15.1. The van der Waals surface area contributed by atoms with Crippen molar-refractivity contribution in [3.05, 3.63) is 69.3 Å². The maximum atomic E-state index is 6.29. The minimum atomic E-state index is 0.668. The molecule has 4 nitrogen and oxygen atoms in total. The molecule has 0 amide bonds. The molecule has 142 valence electrons. The van der Waals surface area contributed by atoms with Gasteiger partial charge in [-0.2, -0.15) is 0 Å². The lowest BCUT2D eigenvalue weighted by molar-refractivity contribution is 0.731. The molecule has 0 aliphatic rings. The van der Waals surface area contributed by atoms with Crippen LogP contribution in [0.15, 0.2) is 58.9 Å². The van der Waals surface area contributed by atoms with Crippen LogP contribution in [-0.4, -0.2) is 19.7 Å². The van der Waals surface area contributed by atoms with Gasteiger partial charge in [0.15, 0.2) is 11.0 Å². The molecule has 0 saturated carbocycles.